The van der Waals surface area contributed by atoms with Gasteiger partial charge < -0.3 is 15.8 Å². The van der Waals surface area contributed by atoms with Crippen LogP contribution in [0.1, 0.15) is 18.4 Å². The summed E-state index contributed by atoms with van der Waals surface area (Å²) in [4.78, 5) is 9.81. The standard InChI is InChI=1S/C7H8F2N4O2/c8-7(9)2-6(10,3-7)4-1-11-12-5(4)13(14)15/h1H,2-3,10H2,(H,11,12). The number of hydrogen-bond donors (Lipinski definition) is 2. The molecule has 0 saturated heterocycles. The van der Waals surface area contributed by atoms with Crippen molar-refractivity contribution in [3.8, 4) is 0 Å². The molecular formula is C7H8F2N4O2. The molecule has 1 aliphatic rings. The molecule has 0 atom stereocenters. The van der Waals surface area contributed by atoms with Crippen LogP contribution >= 0.6 is 0 Å². The van der Waals surface area contributed by atoms with E-state index in [1.54, 1.807) is 0 Å². The zero-order chi connectivity index (χ0) is 11.3. The molecule has 0 aliphatic heterocycles. The Kier molecular flexibility index (Phi) is 1.81. The van der Waals surface area contributed by atoms with Crippen molar-refractivity contribution in [3.05, 3.63) is 21.9 Å². The van der Waals surface area contributed by atoms with E-state index in [4.69, 9.17) is 5.73 Å². The molecule has 0 amide bonds. The molecule has 82 valence electrons. The molecule has 0 unspecified atom stereocenters. The first-order chi connectivity index (χ1) is 6.84. The highest BCUT2D eigenvalue weighted by Crippen LogP contribution is 2.51. The van der Waals surface area contributed by atoms with Crippen LogP contribution in [0.4, 0.5) is 14.6 Å². The van der Waals surface area contributed by atoms with Crippen molar-refractivity contribution in [3.63, 3.8) is 0 Å². The third-order valence-corrected chi connectivity index (χ3v) is 2.49. The fourth-order valence-corrected chi connectivity index (χ4v) is 1.84. The minimum Gasteiger partial charge on any atom is -0.358 e. The molecular weight excluding hydrogens is 210 g/mol. The number of halogens is 2. The Hall–Kier alpha value is -1.57. The van der Waals surface area contributed by atoms with Crippen molar-refractivity contribution >= 4 is 5.82 Å². The molecule has 1 aromatic heterocycles. The summed E-state index contributed by atoms with van der Waals surface area (Å²) >= 11 is 0. The lowest BCUT2D eigenvalue weighted by Crippen LogP contribution is -2.55. The van der Waals surface area contributed by atoms with Crippen LogP contribution in [0, 0.1) is 10.1 Å². The lowest BCUT2D eigenvalue weighted by molar-refractivity contribution is -0.391. The fraction of sp³-hybridized carbons (Fsp3) is 0.571. The quantitative estimate of drug-likeness (QED) is 0.569. The molecule has 1 fully saturated rings. The van der Waals surface area contributed by atoms with Gasteiger partial charge in [0, 0.05) is 12.8 Å². The minimum absolute atomic E-state index is 0.0402. The molecule has 1 heterocycles. The Morgan fingerprint density at radius 1 is 1.60 bits per heavy atom. The monoisotopic (exact) mass is 218 g/mol. The highest BCUT2D eigenvalue weighted by molar-refractivity contribution is 5.39. The van der Waals surface area contributed by atoms with Gasteiger partial charge in [0.2, 0.25) is 0 Å². The van der Waals surface area contributed by atoms with E-state index in [1.807, 2.05) is 0 Å². The van der Waals surface area contributed by atoms with Crippen LogP contribution in [0.3, 0.4) is 0 Å². The highest BCUT2D eigenvalue weighted by atomic mass is 19.3. The van der Waals surface area contributed by atoms with Crippen LogP contribution in [-0.4, -0.2) is 21.0 Å². The van der Waals surface area contributed by atoms with Crippen LogP contribution in [0.15, 0.2) is 6.20 Å². The molecule has 1 aliphatic carbocycles. The summed E-state index contributed by atoms with van der Waals surface area (Å²) in [6.45, 7) is 0. The van der Waals surface area contributed by atoms with E-state index in [0.29, 0.717) is 0 Å². The van der Waals surface area contributed by atoms with E-state index in [-0.39, 0.29) is 5.56 Å². The predicted octanol–water partition coefficient (Wildman–Crippen LogP) is 0.901. The van der Waals surface area contributed by atoms with Gasteiger partial charge in [-0.25, -0.2) is 8.78 Å². The van der Waals surface area contributed by atoms with Crippen LogP contribution in [0.2, 0.25) is 0 Å². The first kappa shape index (κ1) is 9.97. The topological polar surface area (TPSA) is 97.8 Å². The average molecular weight is 218 g/mol. The molecule has 1 saturated carbocycles. The molecule has 2 rings (SSSR count). The van der Waals surface area contributed by atoms with Crippen molar-refractivity contribution in [2.45, 2.75) is 24.3 Å². The molecule has 3 N–H and O–H groups in total. The van der Waals surface area contributed by atoms with Gasteiger partial charge in [0.1, 0.15) is 0 Å². The normalized spacial score (nSPS) is 22.1. The molecule has 1 aromatic rings. The molecule has 0 radical (unpaired) electrons. The third kappa shape index (κ3) is 1.46. The first-order valence-electron chi connectivity index (χ1n) is 4.19. The van der Waals surface area contributed by atoms with E-state index in [9.17, 15) is 18.9 Å². The summed E-state index contributed by atoms with van der Waals surface area (Å²) in [5.41, 5.74) is 4.34. The largest absolute Gasteiger partial charge is 0.358 e. The number of hydrogen-bond acceptors (Lipinski definition) is 4. The maximum absolute atomic E-state index is 12.7. The van der Waals surface area contributed by atoms with Crippen LogP contribution in [0.5, 0.6) is 0 Å². The van der Waals surface area contributed by atoms with Crippen molar-refractivity contribution in [2.24, 2.45) is 5.73 Å². The number of rotatable bonds is 2. The Bertz CT molecular complexity index is 409. The lowest BCUT2D eigenvalue weighted by atomic mass is 9.70. The fourth-order valence-electron chi connectivity index (χ4n) is 1.84. The summed E-state index contributed by atoms with van der Waals surface area (Å²) in [5.74, 6) is -3.24. The smallest absolute Gasteiger partial charge is 0.347 e. The maximum Gasteiger partial charge on any atom is 0.347 e. The van der Waals surface area contributed by atoms with Gasteiger partial charge in [-0.1, -0.05) is 5.10 Å². The second-order valence-electron chi connectivity index (χ2n) is 3.76. The number of nitrogens with two attached hydrogens (primary N) is 1. The molecule has 0 bridgehead atoms. The van der Waals surface area contributed by atoms with E-state index in [1.165, 1.54) is 0 Å². The average Bonchev–Trinajstić information content (AvgIpc) is 2.46. The first-order valence-corrected chi connectivity index (χ1v) is 4.19. The summed E-state index contributed by atoms with van der Waals surface area (Å²) in [7, 11) is 0. The van der Waals surface area contributed by atoms with Crippen molar-refractivity contribution < 1.29 is 13.7 Å². The zero-order valence-corrected chi connectivity index (χ0v) is 7.54. The molecule has 15 heavy (non-hydrogen) atoms. The number of nitrogens with one attached hydrogen (secondary N) is 1. The van der Waals surface area contributed by atoms with Gasteiger partial charge in [-0.15, -0.1) is 5.10 Å². The van der Waals surface area contributed by atoms with E-state index in [2.05, 4.69) is 10.2 Å². The summed E-state index contributed by atoms with van der Waals surface area (Å²) < 4.78 is 25.4. The van der Waals surface area contributed by atoms with Gasteiger partial charge in [-0.05, 0) is 4.92 Å². The van der Waals surface area contributed by atoms with Crippen LogP contribution in [-0.2, 0) is 5.54 Å². The Labute approximate surface area is 82.6 Å². The summed E-state index contributed by atoms with van der Waals surface area (Å²) in [6.07, 6.45) is -0.0336. The number of alkyl halides is 2. The summed E-state index contributed by atoms with van der Waals surface area (Å²) in [5, 5.41) is 16.1. The maximum atomic E-state index is 12.7. The molecule has 6 nitrogen and oxygen atoms in total. The minimum atomic E-state index is -2.83. The predicted molar refractivity (Wildman–Crippen MR) is 45.3 cm³/mol. The zero-order valence-electron chi connectivity index (χ0n) is 7.54. The number of nitro groups is 1. The van der Waals surface area contributed by atoms with E-state index in [0.717, 1.165) is 6.20 Å². The Morgan fingerprint density at radius 2 is 2.20 bits per heavy atom. The number of nitrogens with zero attached hydrogens (tertiary/aromatic N) is 2. The molecule has 8 heteroatoms. The number of H-pyrrole nitrogens is 1. The van der Waals surface area contributed by atoms with Crippen molar-refractivity contribution in [1.29, 1.82) is 0 Å². The van der Waals surface area contributed by atoms with Gasteiger partial charge in [0.05, 0.1) is 17.3 Å². The Morgan fingerprint density at radius 3 is 2.67 bits per heavy atom. The highest BCUT2D eigenvalue weighted by Gasteiger charge is 2.57. The van der Waals surface area contributed by atoms with Crippen LogP contribution < -0.4 is 5.73 Å². The van der Waals surface area contributed by atoms with Gasteiger partial charge in [-0.2, -0.15) is 0 Å². The lowest BCUT2D eigenvalue weighted by Gasteiger charge is -2.43. The second-order valence-corrected chi connectivity index (χ2v) is 3.76. The summed E-state index contributed by atoms with van der Waals surface area (Å²) in [6, 6.07) is 0. The van der Waals surface area contributed by atoms with E-state index < -0.39 is 35.0 Å². The van der Waals surface area contributed by atoms with Gasteiger partial charge in [0.25, 0.3) is 5.92 Å². The van der Waals surface area contributed by atoms with Crippen molar-refractivity contribution in [2.75, 3.05) is 0 Å². The van der Waals surface area contributed by atoms with Gasteiger partial charge >= 0.3 is 5.82 Å². The number of aromatic nitrogens is 2. The second kappa shape index (κ2) is 2.72. The van der Waals surface area contributed by atoms with Crippen molar-refractivity contribution in [1.82, 2.24) is 10.2 Å². The third-order valence-electron chi connectivity index (χ3n) is 2.49. The molecule has 0 spiro atoms. The van der Waals surface area contributed by atoms with E-state index >= 15 is 0 Å². The Balaban J connectivity index is 2.31. The SMILES string of the molecule is NC1(c2cn[nH]c2[N+](=O)[O-])CC(F)(F)C1. The van der Waals surface area contributed by atoms with Crippen LogP contribution in [0.25, 0.3) is 0 Å². The van der Waals surface area contributed by atoms with Gasteiger partial charge in [-0.3, -0.25) is 0 Å². The van der Waals surface area contributed by atoms with Gasteiger partial charge in [0.15, 0.2) is 0 Å². The molecule has 0 aromatic carbocycles. The number of aromatic amines is 1.